The van der Waals surface area contributed by atoms with Gasteiger partial charge in [0.05, 0.1) is 0 Å². The molecule has 0 aliphatic carbocycles. The molecular formula is C25H17BrN2O3. The number of halogens is 1. The summed E-state index contributed by atoms with van der Waals surface area (Å²) in [6, 6.07) is 26.8. The summed E-state index contributed by atoms with van der Waals surface area (Å²) in [6.07, 6.45) is 0. The van der Waals surface area contributed by atoms with E-state index in [4.69, 9.17) is 14.1 Å². The topological polar surface area (TPSA) is 64.4 Å². The Hall–Kier alpha value is -3.64. The molecule has 1 amide bonds. The molecule has 0 fully saturated rings. The Morgan fingerprint density at radius 1 is 0.935 bits per heavy atom. The minimum absolute atomic E-state index is 0.0679. The summed E-state index contributed by atoms with van der Waals surface area (Å²) < 4.78 is 12.4. The number of nitrogens with one attached hydrogen (secondary N) is 1. The molecule has 0 atom stereocenters. The molecule has 0 saturated heterocycles. The highest BCUT2D eigenvalue weighted by molar-refractivity contribution is 9.10. The monoisotopic (exact) mass is 472 g/mol. The largest absolute Gasteiger partial charge is 0.484 e. The van der Waals surface area contributed by atoms with Gasteiger partial charge in [-0.1, -0.05) is 46.3 Å². The number of oxazole rings is 1. The lowest BCUT2D eigenvalue weighted by atomic mass is 10.1. The predicted octanol–water partition coefficient (Wildman–Crippen LogP) is 6.43. The van der Waals surface area contributed by atoms with E-state index in [1.807, 2.05) is 66.7 Å². The van der Waals surface area contributed by atoms with Gasteiger partial charge in [-0.15, -0.1) is 0 Å². The number of hydrogen-bond donors (Lipinski definition) is 1. The van der Waals surface area contributed by atoms with E-state index in [0.29, 0.717) is 17.3 Å². The van der Waals surface area contributed by atoms with Crippen molar-refractivity contribution in [1.29, 1.82) is 0 Å². The summed E-state index contributed by atoms with van der Waals surface area (Å²) >= 11 is 3.37. The summed E-state index contributed by atoms with van der Waals surface area (Å²) in [5.41, 5.74) is 3.10. The van der Waals surface area contributed by atoms with Crippen molar-refractivity contribution in [2.75, 3.05) is 11.9 Å². The van der Waals surface area contributed by atoms with E-state index in [0.717, 1.165) is 31.9 Å². The summed E-state index contributed by atoms with van der Waals surface area (Å²) in [5.74, 6) is 0.948. The van der Waals surface area contributed by atoms with Crippen LogP contribution < -0.4 is 10.1 Å². The van der Waals surface area contributed by atoms with Crippen molar-refractivity contribution in [3.63, 3.8) is 0 Å². The Morgan fingerprint density at radius 2 is 1.71 bits per heavy atom. The lowest BCUT2D eigenvalue weighted by Crippen LogP contribution is -2.20. The molecule has 5 aromatic rings. The standard InChI is InChI=1S/C25H17BrN2O3/c26-18-8-12-20(13-9-18)30-15-23(29)27-19-10-5-17(6-11-19)25-28-24-21-4-2-1-3-16(21)7-14-22(24)31-25/h1-14H,15H2,(H,27,29). The first-order valence-electron chi connectivity index (χ1n) is 9.73. The maximum atomic E-state index is 12.2. The first kappa shape index (κ1) is 19.3. The highest BCUT2D eigenvalue weighted by atomic mass is 79.9. The minimum Gasteiger partial charge on any atom is -0.484 e. The van der Waals surface area contributed by atoms with E-state index in [2.05, 4.69) is 27.3 Å². The fourth-order valence-electron chi connectivity index (χ4n) is 3.36. The molecule has 152 valence electrons. The quantitative estimate of drug-likeness (QED) is 0.320. The molecule has 0 spiro atoms. The average Bonchev–Trinajstić information content (AvgIpc) is 3.24. The van der Waals surface area contributed by atoms with Gasteiger partial charge in [-0.2, -0.15) is 0 Å². The third-order valence-electron chi connectivity index (χ3n) is 4.88. The molecule has 0 unspecified atom stereocenters. The van der Waals surface area contributed by atoms with Crippen molar-refractivity contribution in [1.82, 2.24) is 4.98 Å². The second-order valence-corrected chi connectivity index (χ2v) is 7.94. The van der Waals surface area contributed by atoms with Gasteiger partial charge in [0.25, 0.3) is 5.91 Å². The van der Waals surface area contributed by atoms with Crippen LogP contribution in [0.15, 0.2) is 93.8 Å². The number of nitrogens with zero attached hydrogens (tertiary/aromatic N) is 1. The Balaban J connectivity index is 1.29. The normalized spacial score (nSPS) is 11.0. The second kappa shape index (κ2) is 8.24. The van der Waals surface area contributed by atoms with Crippen LogP contribution in [0, 0.1) is 0 Å². The third-order valence-corrected chi connectivity index (χ3v) is 5.41. The highest BCUT2D eigenvalue weighted by Crippen LogP contribution is 2.30. The second-order valence-electron chi connectivity index (χ2n) is 7.02. The van der Waals surface area contributed by atoms with Crippen molar-refractivity contribution in [2.45, 2.75) is 0 Å². The molecular weight excluding hydrogens is 456 g/mol. The van der Waals surface area contributed by atoms with Gasteiger partial charge < -0.3 is 14.5 Å². The van der Waals surface area contributed by atoms with E-state index in [1.54, 1.807) is 12.1 Å². The molecule has 31 heavy (non-hydrogen) atoms. The van der Waals surface area contributed by atoms with Crippen molar-refractivity contribution in [3.05, 3.63) is 89.4 Å². The van der Waals surface area contributed by atoms with Crippen LogP contribution in [0.5, 0.6) is 5.75 Å². The maximum absolute atomic E-state index is 12.2. The van der Waals surface area contributed by atoms with E-state index < -0.39 is 0 Å². The van der Waals surface area contributed by atoms with Crippen LogP contribution >= 0.6 is 15.9 Å². The molecule has 1 heterocycles. The van der Waals surface area contributed by atoms with Crippen LogP contribution in [-0.4, -0.2) is 17.5 Å². The number of benzene rings is 4. The number of hydrogen-bond acceptors (Lipinski definition) is 4. The Kier molecular flexibility index (Phi) is 5.14. The number of carbonyl (C=O) groups is 1. The van der Waals surface area contributed by atoms with Crippen LogP contribution in [0.3, 0.4) is 0 Å². The first-order chi connectivity index (χ1) is 15.2. The van der Waals surface area contributed by atoms with Gasteiger partial charge in [0.2, 0.25) is 5.89 Å². The fourth-order valence-corrected chi connectivity index (χ4v) is 3.62. The van der Waals surface area contributed by atoms with Crippen molar-refractivity contribution in [3.8, 4) is 17.2 Å². The van der Waals surface area contributed by atoms with Crippen molar-refractivity contribution in [2.24, 2.45) is 0 Å². The lowest BCUT2D eigenvalue weighted by Gasteiger charge is -2.08. The highest BCUT2D eigenvalue weighted by Gasteiger charge is 2.11. The minimum atomic E-state index is -0.232. The molecule has 0 bridgehead atoms. The number of anilines is 1. The maximum Gasteiger partial charge on any atom is 0.262 e. The first-order valence-corrected chi connectivity index (χ1v) is 10.5. The fraction of sp³-hybridized carbons (Fsp3) is 0.0400. The Bertz CT molecular complexity index is 1380. The molecule has 4 aromatic carbocycles. The zero-order valence-corrected chi connectivity index (χ0v) is 17.9. The van der Waals surface area contributed by atoms with Crippen LogP contribution in [0.1, 0.15) is 0 Å². The van der Waals surface area contributed by atoms with Gasteiger partial charge in [-0.25, -0.2) is 4.98 Å². The van der Waals surface area contributed by atoms with Gasteiger partial charge in [-0.3, -0.25) is 4.79 Å². The third kappa shape index (κ3) is 4.15. The smallest absolute Gasteiger partial charge is 0.262 e. The van der Waals surface area contributed by atoms with E-state index in [1.165, 1.54) is 0 Å². The van der Waals surface area contributed by atoms with Crippen LogP contribution in [0.2, 0.25) is 0 Å². The van der Waals surface area contributed by atoms with E-state index in [9.17, 15) is 4.79 Å². The van der Waals surface area contributed by atoms with Gasteiger partial charge in [0.15, 0.2) is 12.2 Å². The summed E-state index contributed by atoms with van der Waals surface area (Å²) in [6.45, 7) is -0.0679. The van der Waals surface area contributed by atoms with Crippen molar-refractivity contribution >= 4 is 49.4 Å². The van der Waals surface area contributed by atoms with Crippen molar-refractivity contribution < 1.29 is 13.9 Å². The summed E-state index contributed by atoms with van der Waals surface area (Å²) in [4.78, 5) is 16.9. The number of aromatic nitrogens is 1. The molecule has 5 nitrogen and oxygen atoms in total. The molecule has 0 radical (unpaired) electrons. The van der Waals surface area contributed by atoms with Crippen LogP contribution in [0.25, 0.3) is 33.3 Å². The SMILES string of the molecule is O=C(COc1ccc(Br)cc1)Nc1ccc(-c2nc3c(ccc4ccccc43)o2)cc1. The number of fused-ring (bicyclic) bond motifs is 3. The van der Waals surface area contributed by atoms with Gasteiger partial charge in [0, 0.05) is 21.1 Å². The molecule has 6 heteroatoms. The van der Waals surface area contributed by atoms with Crippen LogP contribution in [-0.2, 0) is 4.79 Å². The van der Waals surface area contributed by atoms with E-state index in [-0.39, 0.29) is 12.5 Å². The number of ether oxygens (including phenoxy) is 1. The number of amides is 1. The summed E-state index contributed by atoms with van der Waals surface area (Å²) in [5, 5.41) is 5.01. The van der Waals surface area contributed by atoms with Crippen LogP contribution in [0.4, 0.5) is 5.69 Å². The van der Waals surface area contributed by atoms with Gasteiger partial charge in [0.1, 0.15) is 11.3 Å². The Labute approximate surface area is 186 Å². The summed E-state index contributed by atoms with van der Waals surface area (Å²) in [7, 11) is 0. The molecule has 0 saturated carbocycles. The number of carbonyl (C=O) groups excluding carboxylic acids is 1. The van der Waals surface area contributed by atoms with E-state index >= 15 is 0 Å². The molecule has 0 aliphatic rings. The molecule has 1 N–H and O–H groups in total. The Morgan fingerprint density at radius 3 is 2.52 bits per heavy atom. The lowest BCUT2D eigenvalue weighted by molar-refractivity contribution is -0.118. The number of rotatable bonds is 5. The van der Waals surface area contributed by atoms with Gasteiger partial charge in [-0.05, 0) is 60.0 Å². The average molecular weight is 473 g/mol. The molecule has 5 rings (SSSR count). The zero-order valence-electron chi connectivity index (χ0n) is 16.3. The molecule has 0 aliphatic heterocycles. The zero-order chi connectivity index (χ0) is 21.2. The van der Waals surface area contributed by atoms with Gasteiger partial charge >= 0.3 is 0 Å². The predicted molar refractivity (Wildman–Crippen MR) is 125 cm³/mol. The molecule has 1 aromatic heterocycles.